The van der Waals surface area contributed by atoms with Crippen LogP contribution in [0, 0.1) is 20.2 Å². The zero-order valence-electron chi connectivity index (χ0n) is 23.0. The van der Waals surface area contributed by atoms with Gasteiger partial charge in [-0.15, -0.1) is 0 Å². The van der Waals surface area contributed by atoms with Crippen molar-refractivity contribution in [3.63, 3.8) is 0 Å². The van der Waals surface area contributed by atoms with E-state index in [1.165, 1.54) is 24.3 Å². The van der Waals surface area contributed by atoms with Crippen LogP contribution in [0.2, 0.25) is 0 Å². The van der Waals surface area contributed by atoms with Gasteiger partial charge in [0.1, 0.15) is 22.7 Å². The van der Waals surface area contributed by atoms with Gasteiger partial charge in [-0.25, -0.2) is 3.63 Å². The van der Waals surface area contributed by atoms with Gasteiger partial charge in [0.15, 0.2) is 0 Å². The van der Waals surface area contributed by atoms with Gasteiger partial charge in [0.25, 0.3) is 0 Å². The molecule has 0 saturated heterocycles. The molecule has 0 aromatic heterocycles. The smallest absolute Gasteiger partial charge is 0.315 e. The Morgan fingerprint density at radius 2 is 0.884 bits per heavy atom. The van der Waals surface area contributed by atoms with Crippen molar-refractivity contribution in [3.05, 3.63) is 55.6 Å². The number of nitro groups is 2. The Kier molecular flexibility index (Phi) is 16.1. The quantitative estimate of drug-likeness (QED) is 0.0488. The van der Waals surface area contributed by atoms with E-state index in [9.17, 15) is 50.9 Å². The first-order valence-corrected chi connectivity index (χ1v) is 14.6. The zero-order chi connectivity index (χ0) is 31.8. The van der Waals surface area contributed by atoms with E-state index in [2.05, 4.69) is 21.3 Å². The lowest BCUT2D eigenvalue weighted by Gasteiger charge is -2.20. The summed E-state index contributed by atoms with van der Waals surface area (Å²) in [7, 11) is 0. The summed E-state index contributed by atoms with van der Waals surface area (Å²) >= 11 is 1.62. The fourth-order valence-corrected chi connectivity index (χ4v) is 5.44. The Morgan fingerprint density at radius 3 is 1.09 bits per heavy atom. The number of aliphatic hydroxyl groups is 6. The topological polar surface area (TPSA) is 265 Å². The summed E-state index contributed by atoms with van der Waals surface area (Å²) < 4.78 is 5.69. The third-order valence-corrected chi connectivity index (χ3v) is 7.66. The maximum Gasteiger partial charge on any atom is 0.315 e. The predicted molar refractivity (Wildman–Crippen MR) is 164 cm³/mol. The molecule has 2 aromatic carbocycles. The molecule has 19 heteroatoms. The molecular formula is C24H36N6O11S2. The molecule has 0 aliphatic heterocycles. The minimum atomic E-state index is -0.766. The lowest BCUT2D eigenvalue weighted by molar-refractivity contribution is -0.383. The van der Waals surface area contributed by atoms with Gasteiger partial charge in [-0.2, -0.15) is 0 Å². The number of anilines is 4. The van der Waals surface area contributed by atoms with Crippen LogP contribution in [0.15, 0.2) is 24.3 Å². The zero-order valence-corrected chi connectivity index (χ0v) is 24.6. The van der Waals surface area contributed by atoms with Crippen LogP contribution in [0.1, 0.15) is 21.6 Å². The Morgan fingerprint density at radius 1 is 0.605 bits per heavy atom. The maximum absolute atomic E-state index is 11.8. The van der Waals surface area contributed by atoms with Gasteiger partial charge in [0, 0.05) is 50.3 Å². The highest BCUT2D eigenvalue weighted by atomic mass is 32.2. The Balaban J connectivity index is 2.35. The third-order valence-electron chi connectivity index (χ3n) is 5.72. The molecule has 43 heavy (non-hydrogen) atoms. The average Bonchev–Trinajstić information content (AvgIpc) is 2.99. The fraction of sp³-hybridized carbons (Fsp3) is 0.500. The molecule has 2 atom stereocenters. The van der Waals surface area contributed by atoms with Gasteiger partial charge in [-0.3, -0.25) is 20.2 Å². The molecule has 0 aliphatic rings. The maximum atomic E-state index is 11.8. The first kappa shape index (κ1) is 36.1. The number of rotatable bonds is 22. The lowest BCUT2D eigenvalue weighted by Crippen LogP contribution is -2.13. The number of aliphatic hydroxyl groups excluding tert-OH is 6. The number of hydrogen-bond acceptors (Lipinski definition) is 17. The summed E-state index contributed by atoms with van der Waals surface area (Å²) in [6.45, 7) is -2.00. The minimum Gasteiger partial charge on any atom is -0.395 e. The Hall–Kier alpha value is -3.14. The molecule has 240 valence electrons. The molecule has 0 fully saturated rings. The second kappa shape index (κ2) is 19.2. The number of nitrogens with one attached hydrogen (secondary N) is 4. The lowest BCUT2D eigenvalue weighted by atomic mass is 10.1. The molecular weight excluding hydrogens is 612 g/mol. The highest BCUT2D eigenvalue weighted by molar-refractivity contribution is 8.08. The second-order valence-corrected chi connectivity index (χ2v) is 10.7. The summed E-state index contributed by atoms with van der Waals surface area (Å²) in [5.74, 6) is 0. The van der Waals surface area contributed by atoms with Crippen LogP contribution < -0.4 is 21.3 Å². The summed E-state index contributed by atoms with van der Waals surface area (Å²) in [5.41, 5.74) is 0.530. The summed E-state index contributed by atoms with van der Waals surface area (Å²) in [6, 6.07) is 5.77. The van der Waals surface area contributed by atoms with E-state index >= 15 is 0 Å². The summed E-state index contributed by atoms with van der Waals surface area (Å²) in [6.07, 6.45) is 0. The van der Waals surface area contributed by atoms with Crippen LogP contribution >= 0.6 is 24.1 Å². The second-order valence-electron chi connectivity index (χ2n) is 8.65. The molecule has 0 heterocycles. The van der Waals surface area contributed by atoms with Crippen molar-refractivity contribution in [2.75, 3.05) is 87.1 Å². The first-order valence-electron chi connectivity index (χ1n) is 13.0. The van der Waals surface area contributed by atoms with Crippen LogP contribution in [0.25, 0.3) is 0 Å². The van der Waals surface area contributed by atoms with E-state index in [0.717, 1.165) is 24.1 Å². The highest BCUT2D eigenvalue weighted by Crippen LogP contribution is 2.44. The van der Waals surface area contributed by atoms with Gasteiger partial charge in [0.05, 0.1) is 60.0 Å². The van der Waals surface area contributed by atoms with Crippen molar-refractivity contribution in [3.8, 4) is 0 Å². The van der Waals surface area contributed by atoms with Crippen molar-refractivity contribution in [1.82, 2.24) is 0 Å². The van der Waals surface area contributed by atoms with Crippen LogP contribution in [0.4, 0.5) is 34.1 Å². The molecule has 0 spiro atoms. The number of benzene rings is 2. The highest BCUT2D eigenvalue weighted by Gasteiger charge is 2.27. The molecule has 0 aliphatic carbocycles. The largest absolute Gasteiger partial charge is 0.395 e. The predicted octanol–water partition coefficient (Wildman–Crippen LogP) is 1.20. The van der Waals surface area contributed by atoms with E-state index in [1.54, 1.807) is 0 Å². The minimum absolute atomic E-state index is 0.0186. The molecule has 2 aromatic rings. The van der Waals surface area contributed by atoms with Crippen LogP contribution in [-0.4, -0.2) is 106 Å². The van der Waals surface area contributed by atoms with Crippen LogP contribution in [0.3, 0.4) is 0 Å². The van der Waals surface area contributed by atoms with Crippen LogP contribution in [0.5, 0.6) is 0 Å². The van der Waals surface area contributed by atoms with Gasteiger partial charge in [-0.05, 0) is 35.4 Å². The van der Waals surface area contributed by atoms with Crippen molar-refractivity contribution in [2.24, 2.45) is 0 Å². The van der Waals surface area contributed by atoms with Gasteiger partial charge < -0.3 is 51.9 Å². The summed E-state index contributed by atoms with van der Waals surface area (Å²) in [4.78, 5) is 22.3. The Labute approximate surface area is 255 Å². The van der Waals surface area contributed by atoms with Crippen molar-refractivity contribution in [2.45, 2.75) is 10.5 Å². The third kappa shape index (κ3) is 10.5. The molecule has 0 radical (unpaired) electrons. The van der Waals surface area contributed by atoms with Crippen molar-refractivity contribution >= 4 is 58.2 Å². The van der Waals surface area contributed by atoms with E-state index in [1.807, 2.05) is 0 Å². The Bertz CT molecular complexity index is 1050. The molecule has 0 bridgehead atoms. The van der Waals surface area contributed by atoms with E-state index in [-0.39, 0.29) is 86.7 Å². The SMILES string of the molecule is O=[N+]([O-])c1c(NCCO)cc(C(CO)SOSC(CO)c2cc(NCCO)c([N+](=O)[O-])c(NCCO)c2)cc1NCCO. The van der Waals surface area contributed by atoms with Crippen molar-refractivity contribution in [1.29, 1.82) is 0 Å². The van der Waals surface area contributed by atoms with E-state index < -0.39 is 33.6 Å². The van der Waals surface area contributed by atoms with Crippen molar-refractivity contribution < 1.29 is 44.1 Å². The number of nitro benzene ring substituents is 2. The van der Waals surface area contributed by atoms with Gasteiger partial charge in [-0.1, -0.05) is 0 Å². The monoisotopic (exact) mass is 648 g/mol. The normalized spacial score (nSPS) is 12.4. The molecule has 10 N–H and O–H groups in total. The molecule has 0 saturated carbocycles. The molecule has 17 nitrogen and oxygen atoms in total. The van der Waals surface area contributed by atoms with Gasteiger partial charge >= 0.3 is 11.4 Å². The average molecular weight is 649 g/mol. The van der Waals surface area contributed by atoms with Crippen LogP contribution in [-0.2, 0) is 3.63 Å². The molecule has 2 unspecified atom stereocenters. The number of hydrogen-bond donors (Lipinski definition) is 10. The van der Waals surface area contributed by atoms with E-state index in [4.69, 9.17) is 3.63 Å². The van der Waals surface area contributed by atoms with Gasteiger partial charge in [0.2, 0.25) is 0 Å². The summed E-state index contributed by atoms with van der Waals surface area (Å²) in [5, 5.41) is 90.2. The first-order chi connectivity index (χ1) is 20.8. The number of nitrogens with zero attached hydrogens (tertiary/aromatic N) is 2. The van der Waals surface area contributed by atoms with E-state index in [0.29, 0.717) is 11.1 Å². The standard InChI is InChI=1S/C24H36N6O11S2/c31-5-1-25-17-9-15(10-18(26-2-6-32)23(17)29(37)38)21(13-35)42-41-43-22(14-36)16-11-19(27-3-7-33)24(30(39)40)20(12-16)28-4-8-34/h9-12,21-22,25-28,31-36H,1-8,13-14H2. The molecule has 0 amide bonds. The fourth-order valence-electron chi connectivity index (χ4n) is 3.88. The molecule has 2 rings (SSSR count).